The maximum Gasteiger partial charge on any atom is 0.264 e. The average Bonchev–Trinajstić information content (AvgIpc) is 3.02. The van der Waals surface area contributed by atoms with E-state index in [9.17, 15) is 4.79 Å². The molecule has 0 spiro atoms. The summed E-state index contributed by atoms with van der Waals surface area (Å²) in [5.74, 6) is 2.27. The van der Waals surface area contributed by atoms with Gasteiger partial charge in [-0.25, -0.2) is 4.98 Å². The molecule has 6 nitrogen and oxygen atoms in total. The maximum atomic E-state index is 12.4. The van der Waals surface area contributed by atoms with E-state index in [2.05, 4.69) is 14.9 Å². The summed E-state index contributed by atoms with van der Waals surface area (Å²) < 4.78 is 13.4. The second-order valence-electron chi connectivity index (χ2n) is 5.60. The van der Waals surface area contributed by atoms with Gasteiger partial charge in [-0.3, -0.25) is 4.79 Å². The molecule has 0 bridgehead atoms. The number of benzene rings is 1. The minimum absolute atomic E-state index is 0.106. The normalized spacial score (nSPS) is 22.7. The Balaban J connectivity index is 1.39. The molecule has 1 aromatic carbocycles. The molecular weight excluding hydrogens is 282 g/mol. The highest BCUT2D eigenvalue weighted by atomic mass is 16.6. The first kappa shape index (κ1) is 13.2. The van der Waals surface area contributed by atoms with E-state index in [4.69, 9.17) is 9.47 Å². The van der Waals surface area contributed by atoms with Crippen LogP contribution in [0.3, 0.4) is 0 Å². The number of hydrogen-bond donors (Lipinski definition) is 1. The van der Waals surface area contributed by atoms with Crippen LogP contribution in [0, 0.1) is 0 Å². The first-order chi connectivity index (χ1) is 10.8. The third kappa shape index (κ3) is 2.41. The Bertz CT molecular complexity index is 697. The summed E-state index contributed by atoms with van der Waals surface area (Å²) >= 11 is 0. The van der Waals surface area contributed by atoms with Crippen molar-refractivity contribution in [3.8, 4) is 11.5 Å². The molecule has 0 saturated heterocycles. The van der Waals surface area contributed by atoms with Crippen molar-refractivity contribution < 1.29 is 14.3 Å². The van der Waals surface area contributed by atoms with Gasteiger partial charge in [0.2, 0.25) is 6.10 Å². The molecular formula is C16H17N3O3. The van der Waals surface area contributed by atoms with Gasteiger partial charge < -0.3 is 19.4 Å². The minimum Gasteiger partial charge on any atom is -0.485 e. The zero-order valence-corrected chi connectivity index (χ0v) is 12.1. The zero-order chi connectivity index (χ0) is 14.9. The van der Waals surface area contributed by atoms with E-state index in [0.717, 1.165) is 25.2 Å². The summed E-state index contributed by atoms with van der Waals surface area (Å²) in [5, 5.41) is 3.06. The number of carbonyl (C=O) groups is 1. The molecule has 1 amide bonds. The van der Waals surface area contributed by atoms with Gasteiger partial charge in [0.15, 0.2) is 11.5 Å². The largest absolute Gasteiger partial charge is 0.485 e. The van der Waals surface area contributed by atoms with Crippen molar-refractivity contribution in [3.05, 3.63) is 42.5 Å². The predicted octanol–water partition coefficient (Wildman–Crippen LogP) is 1.15. The summed E-state index contributed by atoms with van der Waals surface area (Å²) in [7, 11) is 0. The molecule has 0 unspecified atom stereocenters. The lowest BCUT2D eigenvalue weighted by atomic mass is 10.1. The lowest BCUT2D eigenvalue weighted by Gasteiger charge is -2.29. The number of imidazole rings is 1. The van der Waals surface area contributed by atoms with Crippen molar-refractivity contribution in [3.63, 3.8) is 0 Å². The average molecular weight is 299 g/mol. The van der Waals surface area contributed by atoms with Crippen LogP contribution < -0.4 is 14.8 Å². The smallest absolute Gasteiger partial charge is 0.264 e. The maximum absolute atomic E-state index is 12.4. The molecule has 1 N–H and O–H groups in total. The Morgan fingerprint density at radius 1 is 1.32 bits per heavy atom. The highest BCUT2D eigenvalue weighted by Gasteiger charge is 2.29. The van der Waals surface area contributed by atoms with Crippen LogP contribution in [0.25, 0.3) is 0 Å². The third-order valence-corrected chi connectivity index (χ3v) is 4.08. The monoisotopic (exact) mass is 299 g/mol. The highest BCUT2D eigenvalue weighted by Crippen LogP contribution is 2.30. The number of rotatable bonds is 2. The molecule has 2 aromatic rings. The summed E-state index contributed by atoms with van der Waals surface area (Å²) in [4.78, 5) is 16.7. The first-order valence-electron chi connectivity index (χ1n) is 7.48. The van der Waals surface area contributed by atoms with Crippen LogP contribution in [0.2, 0.25) is 0 Å². The van der Waals surface area contributed by atoms with Gasteiger partial charge in [0.1, 0.15) is 12.4 Å². The minimum atomic E-state index is -0.598. The molecule has 2 aliphatic rings. The van der Waals surface area contributed by atoms with Gasteiger partial charge in [0.05, 0.1) is 0 Å². The van der Waals surface area contributed by atoms with E-state index in [0.29, 0.717) is 11.5 Å². The van der Waals surface area contributed by atoms with Crippen LogP contribution >= 0.6 is 0 Å². The van der Waals surface area contributed by atoms with Crippen molar-refractivity contribution in [1.82, 2.24) is 14.9 Å². The fourth-order valence-electron chi connectivity index (χ4n) is 2.93. The molecule has 2 atom stereocenters. The Kier molecular flexibility index (Phi) is 3.21. The number of hydrogen-bond acceptors (Lipinski definition) is 4. The molecule has 0 aliphatic carbocycles. The molecule has 0 fully saturated rings. The number of amides is 1. The second kappa shape index (κ2) is 5.36. The van der Waals surface area contributed by atoms with Crippen molar-refractivity contribution in [2.45, 2.75) is 31.5 Å². The fourth-order valence-corrected chi connectivity index (χ4v) is 2.93. The van der Waals surface area contributed by atoms with Crippen LogP contribution in [0.5, 0.6) is 11.5 Å². The van der Waals surface area contributed by atoms with Gasteiger partial charge in [0.25, 0.3) is 5.91 Å². The number of para-hydroxylation sites is 2. The van der Waals surface area contributed by atoms with Crippen molar-refractivity contribution >= 4 is 5.91 Å². The Labute approximate surface area is 128 Å². The zero-order valence-electron chi connectivity index (χ0n) is 12.1. The standard InChI is InChI=1S/C16H17N3O3/c20-16(14-10-21-12-3-1-2-4-13(12)22-14)18-11-5-6-15-17-7-8-19(15)9-11/h1-4,7-8,11,14H,5-6,9-10H2,(H,18,20)/t11-,14+/m0/s1. The van der Waals surface area contributed by atoms with Gasteiger partial charge in [0, 0.05) is 31.4 Å². The summed E-state index contributed by atoms with van der Waals surface area (Å²) in [5.41, 5.74) is 0. The summed E-state index contributed by atoms with van der Waals surface area (Å²) in [6, 6.07) is 7.51. The molecule has 114 valence electrons. The summed E-state index contributed by atoms with van der Waals surface area (Å²) in [6.45, 7) is 0.997. The highest BCUT2D eigenvalue weighted by molar-refractivity contribution is 5.82. The molecule has 6 heteroatoms. The van der Waals surface area contributed by atoms with Gasteiger partial charge in [-0.2, -0.15) is 0 Å². The molecule has 22 heavy (non-hydrogen) atoms. The third-order valence-electron chi connectivity index (χ3n) is 4.08. The van der Waals surface area contributed by atoms with Crippen LogP contribution in [-0.4, -0.2) is 34.2 Å². The number of aromatic nitrogens is 2. The Morgan fingerprint density at radius 3 is 3.09 bits per heavy atom. The first-order valence-corrected chi connectivity index (χ1v) is 7.48. The molecule has 0 radical (unpaired) electrons. The van der Waals surface area contributed by atoms with Crippen molar-refractivity contribution in [2.75, 3.05) is 6.61 Å². The number of nitrogens with one attached hydrogen (secondary N) is 1. The van der Waals surface area contributed by atoms with Crippen LogP contribution in [0.15, 0.2) is 36.7 Å². The Hall–Kier alpha value is -2.50. The van der Waals surface area contributed by atoms with Crippen molar-refractivity contribution in [2.24, 2.45) is 0 Å². The van der Waals surface area contributed by atoms with E-state index in [1.807, 2.05) is 30.5 Å². The lowest BCUT2D eigenvalue weighted by Crippen LogP contribution is -2.49. The Morgan fingerprint density at radius 2 is 2.18 bits per heavy atom. The van der Waals surface area contributed by atoms with Crippen LogP contribution in [0.1, 0.15) is 12.2 Å². The van der Waals surface area contributed by atoms with E-state index >= 15 is 0 Å². The van der Waals surface area contributed by atoms with E-state index in [1.165, 1.54) is 0 Å². The quantitative estimate of drug-likeness (QED) is 0.903. The molecule has 0 saturated carbocycles. The number of carbonyl (C=O) groups excluding carboxylic acids is 1. The van der Waals surface area contributed by atoms with E-state index in [1.54, 1.807) is 6.20 Å². The van der Waals surface area contributed by atoms with E-state index in [-0.39, 0.29) is 18.6 Å². The second-order valence-corrected chi connectivity index (χ2v) is 5.60. The number of nitrogens with zero attached hydrogens (tertiary/aromatic N) is 2. The molecule has 1 aromatic heterocycles. The lowest BCUT2D eigenvalue weighted by molar-refractivity contribution is -0.131. The van der Waals surface area contributed by atoms with Crippen molar-refractivity contribution in [1.29, 1.82) is 0 Å². The topological polar surface area (TPSA) is 65.4 Å². The predicted molar refractivity (Wildman–Crippen MR) is 78.8 cm³/mol. The fraction of sp³-hybridized carbons (Fsp3) is 0.375. The van der Waals surface area contributed by atoms with Gasteiger partial charge >= 0.3 is 0 Å². The van der Waals surface area contributed by atoms with Gasteiger partial charge in [-0.1, -0.05) is 12.1 Å². The number of ether oxygens (including phenoxy) is 2. The number of fused-ring (bicyclic) bond motifs is 2. The van der Waals surface area contributed by atoms with Crippen LogP contribution in [-0.2, 0) is 17.8 Å². The van der Waals surface area contributed by atoms with E-state index < -0.39 is 6.10 Å². The van der Waals surface area contributed by atoms with Crippen LogP contribution in [0.4, 0.5) is 0 Å². The summed E-state index contributed by atoms with van der Waals surface area (Å²) in [6.07, 6.45) is 4.92. The number of aryl methyl sites for hydroxylation is 1. The molecule has 2 aliphatic heterocycles. The molecule has 3 heterocycles. The SMILES string of the molecule is O=C(N[C@H]1CCc2nccn2C1)[C@H]1COc2ccccc2O1. The van der Waals surface area contributed by atoms with Gasteiger partial charge in [-0.15, -0.1) is 0 Å². The molecule has 4 rings (SSSR count). The van der Waals surface area contributed by atoms with Gasteiger partial charge in [-0.05, 0) is 18.6 Å².